The summed E-state index contributed by atoms with van der Waals surface area (Å²) < 4.78 is 19.7. The van der Waals surface area contributed by atoms with Crippen LogP contribution in [0.4, 0.5) is 20.6 Å². The first-order chi connectivity index (χ1) is 11.7. The van der Waals surface area contributed by atoms with Gasteiger partial charge in [-0.15, -0.1) is 0 Å². The zero-order valence-electron chi connectivity index (χ0n) is 14.0. The largest absolute Gasteiger partial charge is 0.444 e. The molecule has 0 aliphatic heterocycles. The predicted octanol–water partition coefficient (Wildman–Crippen LogP) is 5.08. The van der Waals surface area contributed by atoms with Gasteiger partial charge in [-0.1, -0.05) is 29.8 Å². The third-order valence-corrected chi connectivity index (χ3v) is 3.30. The minimum Gasteiger partial charge on any atom is -0.444 e. The lowest BCUT2D eigenvalue weighted by molar-refractivity contribution is 0.0634. The molecule has 2 aromatic rings. The number of nitrogens with one attached hydrogen (secondary N) is 2. The van der Waals surface area contributed by atoms with Crippen LogP contribution in [0, 0.1) is 5.82 Å². The fourth-order valence-electron chi connectivity index (χ4n) is 1.99. The van der Waals surface area contributed by atoms with E-state index in [0.717, 1.165) is 0 Å². The number of halogens is 2. The second-order valence-electron chi connectivity index (χ2n) is 6.23. The molecule has 2 amide bonds. The van der Waals surface area contributed by atoms with Crippen LogP contribution >= 0.6 is 11.6 Å². The van der Waals surface area contributed by atoms with E-state index in [-0.39, 0.29) is 16.3 Å². The van der Waals surface area contributed by atoms with Gasteiger partial charge < -0.3 is 10.1 Å². The van der Waals surface area contributed by atoms with Crippen molar-refractivity contribution in [2.45, 2.75) is 26.4 Å². The molecule has 2 aromatic carbocycles. The molecular weight excluding hydrogens is 347 g/mol. The molecule has 0 aliphatic rings. The summed E-state index contributed by atoms with van der Waals surface area (Å²) in [5.74, 6) is -1.66. The number of benzene rings is 2. The SMILES string of the molecule is CC(C)(C)OC(=O)Nc1ccc(Cl)c(C(=O)Nc2ccccc2)c1F. The molecule has 7 heteroatoms. The predicted molar refractivity (Wildman–Crippen MR) is 95.7 cm³/mol. The fraction of sp³-hybridized carbons (Fsp3) is 0.222. The number of rotatable bonds is 3. The first kappa shape index (κ1) is 18.7. The van der Waals surface area contributed by atoms with Gasteiger partial charge in [-0.05, 0) is 45.0 Å². The number of carbonyl (C=O) groups is 2. The average Bonchev–Trinajstić information content (AvgIpc) is 2.49. The molecule has 0 aliphatic carbocycles. The third-order valence-electron chi connectivity index (χ3n) is 2.99. The van der Waals surface area contributed by atoms with E-state index in [1.165, 1.54) is 12.1 Å². The van der Waals surface area contributed by atoms with Gasteiger partial charge in [0.2, 0.25) is 0 Å². The molecule has 0 heterocycles. The van der Waals surface area contributed by atoms with Gasteiger partial charge in [-0.25, -0.2) is 9.18 Å². The van der Waals surface area contributed by atoms with Crippen LogP contribution in [0.25, 0.3) is 0 Å². The first-order valence-corrected chi connectivity index (χ1v) is 7.89. The van der Waals surface area contributed by atoms with Crippen molar-refractivity contribution in [2.75, 3.05) is 10.6 Å². The highest BCUT2D eigenvalue weighted by atomic mass is 35.5. The Kier molecular flexibility index (Phi) is 5.64. The van der Waals surface area contributed by atoms with E-state index >= 15 is 0 Å². The number of para-hydroxylation sites is 1. The lowest BCUT2D eigenvalue weighted by atomic mass is 10.1. The van der Waals surface area contributed by atoms with Gasteiger partial charge in [0.15, 0.2) is 5.82 Å². The van der Waals surface area contributed by atoms with Gasteiger partial charge in [0.1, 0.15) is 5.60 Å². The van der Waals surface area contributed by atoms with Crippen molar-refractivity contribution < 1.29 is 18.7 Å². The Morgan fingerprint density at radius 3 is 2.28 bits per heavy atom. The molecule has 0 saturated carbocycles. The summed E-state index contributed by atoms with van der Waals surface area (Å²) in [6.45, 7) is 5.05. The van der Waals surface area contributed by atoms with Gasteiger partial charge in [0.05, 0.1) is 16.3 Å². The standard InChI is InChI=1S/C18H18ClFN2O3/c1-18(2,3)25-17(24)22-13-10-9-12(19)14(15(13)20)16(23)21-11-7-5-4-6-8-11/h4-10H,1-3H3,(H,21,23)(H,22,24). The summed E-state index contributed by atoms with van der Waals surface area (Å²) in [6, 6.07) is 11.2. The lowest BCUT2D eigenvalue weighted by Gasteiger charge is -2.20. The van der Waals surface area contributed by atoms with Crippen LogP contribution in [0.2, 0.25) is 5.02 Å². The number of carbonyl (C=O) groups excluding carboxylic acids is 2. The van der Waals surface area contributed by atoms with E-state index < -0.39 is 23.4 Å². The minimum absolute atomic E-state index is 0.0688. The third kappa shape index (κ3) is 5.19. The van der Waals surface area contributed by atoms with Crippen LogP contribution in [-0.4, -0.2) is 17.6 Å². The Labute approximate surface area is 150 Å². The molecule has 0 fully saturated rings. The molecule has 0 spiro atoms. The Bertz CT molecular complexity index is 789. The molecule has 5 nitrogen and oxygen atoms in total. The molecule has 25 heavy (non-hydrogen) atoms. The van der Waals surface area contributed by atoms with Gasteiger partial charge in [-0.2, -0.15) is 0 Å². The second kappa shape index (κ2) is 7.53. The molecule has 0 bridgehead atoms. The normalized spacial score (nSPS) is 10.9. The molecule has 0 unspecified atom stereocenters. The van der Waals surface area contributed by atoms with E-state index in [1.807, 2.05) is 0 Å². The van der Waals surface area contributed by atoms with Crippen LogP contribution in [0.5, 0.6) is 0 Å². The average molecular weight is 365 g/mol. The topological polar surface area (TPSA) is 67.4 Å². The summed E-state index contributed by atoms with van der Waals surface area (Å²) >= 11 is 5.96. The van der Waals surface area contributed by atoms with Crippen molar-refractivity contribution in [3.63, 3.8) is 0 Å². The Morgan fingerprint density at radius 2 is 1.68 bits per heavy atom. The Hall–Kier alpha value is -2.60. The maximum absolute atomic E-state index is 14.7. The van der Waals surface area contributed by atoms with Crippen molar-refractivity contribution >= 4 is 35.0 Å². The molecule has 132 valence electrons. The zero-order chi connectivity index (χ0) is 18.6. The quantitative estimate of drug-likeness (QED) is 0.798. The number of anilines is 2. The number of amides is 2. The maximum Gasteiger partial charge on any atom is 0.412 e. The van der Waals surface area contributed by atoms with E-state index in [9.17, 15) is 14.0 Å². The zero-order valence-corrected chi connectivity index (χ0v) is 14.8. The van der Waals surface area contributed by atoms with Crippen molar-refractivity contribution in [1.29, 1.82) is 0 Å². The van der Waals surface area contributed by atoms with Crippen molar-refractivity contribution in [3.05, 3.63) is 58.9 Å². The summed E-state index contributed by atoms with van der Waals surface area (Å²) in [4.78, 5) is 24.1. The van der Waals surface area contributed by atoms with Crippen LogP contribution < -0.4 is 10.6 Å². The van der Waals surface area contributed by atoms with Crippen LogP contribution in [0.1, 0.15) is 31.1 Å². The highest BCUT2D eigenvalue weighted by molar-refractivity contribution is 6.34. The monoisotopic (exact) mass is 364 g/mol. The number of ether oxygens (including phenoxy) is 1. The molecule has 0 atom stereocenters. The summed E-state index contributed by atoms with van der Waals surface area (Å²) in [7, 11) is 0. The van der Waals surface area contributed by atoms with Gasteiger partial charge in [0, 0.05) is 5.69 Å². The number of hydrogen-bond donors (Lipinski definition) is 2. The minimum atomic E-state index is -0.938. The Morgan fingerprint density at radius 1 is 1.04 bits per heavy atom. The summed E-state index contributed by atoms with van der Waals surface area (Å²) in [5.41, 5.74) is -0.801. The molecule has 2 rings (SSSR count). The highest BCUT2D eigenvalue weighted by Gasteiger charge is 2.22. The number of hydrogen-bond acceptors (Lipinski definition) is 3. The van der Waals surface area contributed by atoms with E-state index in [4.69, 9.17) is 16.3 Å². The Balaban J connectivity index is 2.24. The summed E-state index contributed by atoms with van der Waals surface area (Å²) in [6.07, 6.45) is -0.830. The van der Waals surface area contributed by atoms with Crippen LogP contribution in [-0.2, 0) is 4.74 Å². The highest BCUT2D eigenvalue weighted by Crippen LogP contribution is 2.27. The van der Waals surface area contributed by atoms with Crippen molar-refractivity contribution in [1.82, 2.24) is 0 Å². The molecule has 0 radical (unpaired) electrons. The van der Waals surface area contributed by atoms with Crippen LogP contribution in [0.3, 0.4) is 0 Å². The smallest absolute Gasteiger partial charge is 0.412 e. The molecular formula is C18H18ClFN2O3. The van der Waals surface area contributed by atoms with Crippen molar-refractivity contribution in [3.8, 4) is 0 Å². The fourth-order valence-corrected chi connectivity index (χ4v) is 2.22. The summed E-state index contributed by atoms with van der Waals surface area (Å²) in [5, 5.41) is 4.76. The molecule has 2 N–H and O–H groups in total. The van der Waals surface area contributed by atoms with Crippen molar-refractivity contribution in [2.24, 2.45) is 0 Å². The van der Waals surface area contributed by atoms with E-state index in [1.54, 1.807) is 51.1 Å². The first-order valence-electron chi connectivity index (χ1n) is 7.52. The van der Waals surface area contributed by atoms with E-state index in [0.29, 0.717) is 5.69 Å². The van der Waals surface area contributed by atoms with Gasteiger partial charge in [-0.3, -0.25) is 10.1 Å². The molecule has 0 aromatic heterocycles. The molecule has 0 saturated heterocycles. The second-order valence-corrected chi connectivity index (χ2v) is 6.64. The van der Waals surface area contributed by atoms with Crippen LogP contribution in [0.15, 0.2) is 42.5 Å². The van der Waals surface area contributed by atoms with E-state index in [2.05, 4.69) is 10.6 Å². The van der Waals surface area contributed by atoms with Gasteiger partial charge >= 0.3 is 6.09 Å². The maximum atomic E-state index is 14.7. The lowest BCUT2D eigenvalue weighted by Crippen LogP contribution is -2.27. The van der Waals surface area contributed by atoms with Gasteiger partial charge in [0.25, 0.3) is 5.91 Å².